The van der Waals surface area contributed by atoms with Gasteiger partial charge in [-0.15, -0.1) is 0 Å². The van der Waals surface area contributed by atoms with Crippen LogP contribution in [0.15, 0.2) is 12.7 Å². The number of hydrogen-bond acceptors (Lipinski definition) is 2. The third-order valence-corrected chi connectivity index (χ3v) is 6.01. The van der Waals surface area contributed by atoms with Crippen molar-refractivity contribution in [3.63, 3.8) is 0 Å². The molecule has 0 saturated heterocycles. The van der Waals surface area contributed by atoms with Gasteiger partial charge in [-0.25, -0.2) is 0 Å². The summed E-state index contributed by atoms with van der Waals surface area (Å²) in [5.74, 6) is 0. The fourth-order valence-electron chi connectivity index (χ4n) is 0.587. The van der Waals surface area contributed by atoms with Crippen LogP contribution in [0.4, 0.5) is 13.2 Å². The molecule has 1 rings (SSSR count). The van der Waals surface area contributed by atoms with E-state index in [-0.39, 0.29) is 5.06 Å². The molecule has 0 aliphatic carbocycles. The molecule has 0 unspecified atom stereocenters. The fraction of sp³-hybridized carbons (Fsp3) is 0.333. The molecule has 0 aromatic carbocycles. The minimum absolute atomic E-state index is 0.195. The first-order valence-corrected chi connectivity index (χ1v) is 6.33. The standard InChI is InChI=1S/C6H2Br3F3OS/c7-2-3(8)5(14-4(2)9)13-1-6(10,11)12/h1H2. The van der Waals surface area contributed by atoms with Gasteiger partial charge < -0.3 is 4.74 Å². The number of alkyl halides is 3. The number of thiophene rings is 1. The average Bonchev–Trinajstić information content (AvgIpc) is 2.28. The van der Waals surface area contributed by atoms with Crippen LogP contribution in [-0.2, 0) is 0 Å². The second-order valence-electron chi connectivity index (χ2n) is 2.20. The van der Waals surface area contributed by atoms with Gasteiger partial charge in [-0.2, -0.15) is 13.2 Å². The summed E-state index contributed by atoms with van der Waals surface area (Å²) in [4.78, 5) is 0. The van der Waals surface area contributed by atoms with Crippen molar-refractivity contribution in [2.45, 2.75) is 6.18 Å². The summed E-state index contributed by atoms with van der Waals surface area (Å²) in [7, 11) is 0. The first-order chi connectivity index (χ1) is 6.31. The number of hydrogen-bond donors (Lipinski definition) is 0. The van der Waals surface area contributed by atoms with Gasteiger partial charge in [0.1, 0.15) is 0 Å². The van der Waals surface area contributed by atoms with Crippen LogP contribution in [0.25, 0.3) is 0 Å². The zero-order valence-electron chi connectivity index (χ0n) is 6.29. The van der Waals surface area contributed by atoms with Crippen molar-refractivity contribution in [1.29, 1.82) is 0 Å². The van der Waals surface area contributed by atoms with E-state index >= 15 is 0 Å². The molecule has 0 N–H and O–H groups in total. The molecular weight excluding hydrogens is 417 g/mol. The van der Waals surface area contributed by atoms with Gasteiger partial charge in [0.25, 0.3) is 0 Å². The molecule has 80 valence electrons. The van der Waals surface area contributed by atoms with Crippen LogP contribution in [0, 0.1) is 0 Å². The normalized spacial score (nSPS) is 11.9. The van der Waals surface area contributed by atoms with Gasteiger partial charge in [0.2, 0.25) is 0 Å². The Morgan fingerprint density at radius 3 is 2.07 bits per heavy atom. The quantitative estimate of drug-likeness (QED) is 0.658. The van der Waals surface area contributed by atoms with Gasteiger partial charge in [0.15, 0.2) is 11.7 Å². The maximum atomic E-state index is 11.8. The number of ether oxygens (including phenoxy) is 1. The first kappa shape index (κ1) is 12.8. The minimum Gasteiger partial charge on any atom is -0.473 e. The molecule has 0 saturated carbocycles. The number of halogens is 6. The van der Waals surface area contributed by atoms with Crippen LogP contribution in [-0.4, -0.2) is 12.8 Å². The lowest BCUT2D eigenvalue weighted by molar-refractivity contribution is -0.153. The van der Waals surface area contributed by atoms with Crippen molar-refractivity contribution in [2.24, 2.45) is 0 Å². The molecule has 0 bridgehead atoms. The monoisotopic (exact) mass is 416 g/mol. The zero-order chi connectivity index (χ0) is 10.9. The second kappa shape index (κ2) is 4.71. The summed E-state index contributed by atoms with van der Waals surface area (Å²) in [6.45, 7) is -1.29. The Hall–Kier alpha value is 0.730. The van der Waals surface area contributed by atoms with Crippen molar-refractivity contribution in [2.75, 3.05) is 6.61 Å². The minimum atomic E-state index is -4.32. The van der Waals surface area contributed by atoms with Crippen LogP contribution in [0.3, 0.4) is 0 Å². The van der Waals surface area contributed by atoms with E-state index in [1.165, 1.54) is 0 Å². The molecule has 0 atom stereocenters. The first-order valence-electron chi connectivity index (χ1n) is 3.14. The van der Waals surface area contributed by atoms with Crippen LogP contribution < -0.4 is 4.74 Å². The highest BCUT2D eigenvalue weighted by Crippen LogP contribution is 2.46. The van der Waals surface area contributed by atoms with E-state index in [0.717, 1.165) is 11.3 Å². The molecule has 0 fully saturated rings. The van der Waals surface area contributed by atoms with Gasteiger partial charge >= 0.3 is 6.18 Å². The Kier molecular flexibility index (Phi) is 4.31. The fourth-order valence-corrected chi connectivity index (χ4v) is 3.40. The Morgan fingerprint density at radius 1 is 1.14 bits per heavy atom. The van der Waals surface area contributed by atoms with Crippen molar-refractivity contribution < 1.29 is 17.9 Å². The Bertz CT molecular complexity index is 336. The van der Waals surface area contributed by atoms with E-state index in [2.05, 4.69) is 52.5 Å². The van der Waals surface area contributed by atoms with Gasteiger partial charge in [-0.3, -0.25) is 0 Å². The topological polar surface area (TPSA) is 9.23 Å². The number of rotatable bonds is 2. The highest BCUT2D eigenvalue weighted by atomic mass is 79.9. The summed E-state index contributed by atoms with van der Waals surface area (Å²) < 4.78 is 41.9. The van der Waals surface area contributed by atoms with Gasteiger partial charge in [0, 0.05) is 0 Å². The molecule has 0 amide bonds. The lowest BCUT2D eigenvalue weighted by Gasteiger charge is -2.07. The Balaban J connectivity index is 2.73. The van der Waals surface area contributed by atoms with Crippen molar-refractivity contribution in [3.05, 3.63) is 12.7 Å². The van der Waals surface area contributed by atoms with Crippen LogP contribution in [0.5, 0.6) is 5.06 Å². The van der Waals surface area contributed by atoms with Crippen LogP contribution in [0.1, 0.15) is 0 Å². The van der Waals surface area contributed by atoms with E-state index in [1.807, 2.05) is 0 Å². The Labute approximate surface area is 107 Å². The summed E-state index contributed by atoms with van der Waals surface area (Å²) in [6, 6.07) is 0. The van der Waals surface area contributed by atoms with Gasteiger partial charge in [-0.1, -0.05) is 11.3 Å². The van der Waals surface area contributed by atoms with Crippen LogP contribution >= 0.6 is 59.1 Å². The Morgan fingerprint density at radius 2 is 1.71 bits per heavy atom. The molecule has 14 heavy (non-hydrogen) atoms. The van der Waals surface area contributed by atoms with E-state index in [1.54, 1.807) is 0 Å². The second-order valence-corrected chi connectivity index (χ2v) is 6.08. The molecule has 1 aromatic rings. The molecule has 8 heteroatoms. The summed E-state index contributed by atoms with van der Waals surface area (Å²) >= 11 is 10.5. The highest BCUT2D eigenvalue weighted by Gasteiger charge is 2.29. The molecule has 1 aromatic heterocycles. The maximum Gasteiger partial charge on any atom is 0.422 e. The molecule has 0 spiro atoms. The largest absolute Gasteiger partial charge is 0.473 e. The third-order valence-electron chi connectivity index (χ3n) is 1.09. The lowest BCUT2D eigenvalue weighted by atomic mass is 10.6. The zero-order valence-corrected chi connectivity index (χ0v) is 11.9. The molecule has 0 aliphatic heterocycles. The van der Waals surface area contributed by atoms with Crippen molar-refractivity contribution in [3.8, 4) is 5.06 Å². The van der Waals surface area contributed by atoms with E-state index < -0.39 is 12.8 Å². The summed E-state index contributed by atoms with van der Waals surface area (Å²) in [5, 5.41) is 0.195. The van der Waals surface area contributed by atoms with E-state index in [0.29, 0.717) is 12.7 Å². The van der Waals surface area contributed by atoms with Crippen LogP contribution in [0.2, 0.25) is 0 Å². The molecule has 1 heterocycles. The van der Waals surface area contributed by atoms with Gasteiger partial charge in [-0.05, 0) is 47.8 Å². The average molecular weight is 419 g/mol. The lowest BCUT2D eigenvalue weighted by Crippen LogP contribution is -2.18. The molecule has 0 radical (unpaired) electrons. The SMILES string of the molecule is FC(F)(F)COc1sc(Br)c(Br)c1Br. The highest BCUT2D eigenvalue weighted by molar-refractivity contribution is 9.14. The summed E-state index contributed by atoms with van der Waals surface area (Å²) in [6.07, 6.45) is -4.32. The van der Waals surface area contributed by atoms with Gasteiger partial charge in [0.05, 0.1) is 12.7 Å². The predicted octanol–water partition coefficient (Wildman–Crippen LogP) is 4.98. The van der Waals surface area contributed by atoms with E-state index in [4.69, 9.17) is 0 Å². The predicted molar refractivity (Wildman–Crippen MR) is 59.0 cm³/mol. The maximum absolute atomic E-state index is 11.8. The third kappa shape index (κ3) is 3.39. The smallest absolute Gasteiger partial charge is 0.422 e. The molecule has 1 nitrogen and oxygen atoms in total. The molecular formula is C6H2Br3F3OS. The molecule has 0 aliphatic rings. The van der Waals surface area contributed by atoms with Crippen molar-refractivity contribution >= 4 is 59.1 Å². The summed E-state index contributed by atoms with van der Waals surface area (Å²) in [5.41, 5.74) is 0. The van der Waals surface area contributed by atoms with E-state index in [9.17, 15) is 13.2 Å². The van der Waals surface area contributed by atoms with Crippen molar-refractivity contribution in [1.82, 2.24) is 0 Å².